The molecule has 1 atom stereocenters. The molecule has 0 spiro atoms. The fourth-order valence-corrected chi connectivity index (χ4v) is 4.22. The van der Waals surface area contributed by atoms with E-state index in [9.17, 15) is 14.0 Å². The molecule has 0 radical (unpaired) electrons. The lowest BCUT2D eigenvalue weighted by molar-refractivity contribution is -0.139. The quantitative estimate of drug-likeness (QED) is 0.426. The number of benzene rings is 2. The molecule has 2 aromatic rings. The van der Waals surface area contributed by atoms with Crippen LogP contribution in [0.3, 0.4) is 0 Å². The first-order chi connectivity index (χ1) is 15.0. The number of amides is 2. The monoisotopic (exact) mass is 464 g/mol. The van der Waals surface area contributed by atoms with E-state index in [1.807, 2.05) is 25.1 Å². The fourth-order valence-electron chi connectivity index (χ4n) is 3.16. The number of thioether (sulfide) groups is 1. The van der Waals surface area contributed by atoms with Crippen molar-refractivity contribution in [2.45, 2.75) is 51.4 Å². The van der Waals surface area contributed by atoms with Gasteiger partial charge < -0.3 is 10.2 Å². The standard InChI is InChI=1S/C24H30ClFN2O2S/c1-3-5-14-27-24(30)22(4-2)28(15-19-8-6-7-9-21(19)25)23(29)17-31-16-18-10-12-20(26)13-11-18/h6-13,22H,3-5,14-17H2,1-2H3,(H,27,30)/t22-/m1/s1. The molecule has 0 aliphatic heterocycles. The van der Waals surface area contributed by atoms with Gasteiger partial charge in [0.15, 0.2) is 0 Å². The molecule has 2 aromatic carbocycles. The number of nitrogens with one attached hydrogen (secondary N) is 1. The van der Waals surface area contributed by atoms with Gasteiger partial charge in [-0.3, -0.25) is 9.59 Å². The zero-order valence-electron chi connectivity index (χ0n) is 18.1. The number of hydrogen-bond donors (Lipinski definition) is 1. The highest BCUT2D eigenvalue weighted by Gasteiger charge is 2.28. The number of nitrogens with zero attached hydrogens (tertiary/aromatic N) is 1. The summed E-state index contributed by atoms with van der Waals surface area (Å²) in [6.07, 6.45) is 2.39. The SMILES string of the molecule is CCCCNC(=O)[C@@H](CC)N(Cc1ccccc1Cl)C(=O)CSCc1ccc(F)cc1. The van der Waals surface area contributed by atoms with Crippen molar-refractivity contribution >= 4 is 35.2 Å². The second-order valence-corrected chi connectivity index (χ2v) is 8.69. The highest BCUT2D eigenvalue weighted by molar-refractivity contribution is 7.99. The second-order valence-electron chi connectivity index (χ2n) is 7.30. The fraction of sp³-hybridized carbons (Fsp3) is 0.417. The molecule has 4 nitrogen and oxygen atoms in total. The molecule has 0 unspecified atom stereocenters. The van der Waals surface area contributed by atoms with E-state index >= 15 is 0 Å². The number of hydrogen-bond acceptors (Lipinski definition) is 3. The predicted octanol–water partition coefficient (Wildman–Crippen LogP) is 5.44. The second kappa shape index (κ2) is 13.4. The van der Waals surface area contributed by atoms with Crippen LogP contribution in [-0.2, 0) is 21.9 Å². The lowest BCUT2D eigenvalue weighted by atomic mass is 10.1. The molecule has 0 aliphatic rings. The maximum atomic E-state index is 13.2. The Morgan fingerprint density at radius 2 is 1.84 bits per heavy atom. The van der Waals surface area contributed by atoms with E-state index in [0.717, 1.165) is 24.0 Å². The van der Waals surface area contributed by atoms with Crippen molar-refractivity contribution in [3.05, 3.63) is 70.5 Å². The summed E-state index contributed by atoms with van der Waals surface area (Å²) in [7, 11) is 0. The summed E-state index contributed by atoms with van der Waals surface area (Å²) < 4.78 is 13.1. The molecule has 1 N–H and O–H groups in total. The Labute approximate surface area is 193 Å². The van der Waals surface area contributed by atoms with Gasteiger partial charge in [0.2, 0.25) is 11.8 Å². The van der Waals surface area contributed by atoms with Gasteiger partial charge in [0.25, 0.3) is 0 Å². The van der Waals surface area contributed by atoms with Gasteiger partial charge in [0, 0.05) is 23.9 Å². The van der Waals surface area contributed by atoms with Crippen LogP contribution in [-0.4, -0.2) is 35.1 Å². The predicted molar refractivity (Wildman–Crippen MR) is 127 cm³/mol. The minimum atomic E-state index is -0.563. The molecule has 168 valence electrons. The van der Waals surface area contributed by atoms with E-state index in [4.69, 9.17) is 11.6 Å². The molecule has 7 heteroatoms. The Kier molecular flexibility index (Phi) is 10.9. The van der Waals surface area contributed by atoms with Crippen LogP contribution in [0.5, 0.6) is 0 Å². The maximum Gasteiger partial charge on any atom is 0.242 e. The van der Waals surface area contributed by atoms with Crippen molar-refractivity contribution in [2.24, 2.45) is 0 Å². The number of unbranched alkanes of at least 4 members (excludes halogenated alkanes) is 1. The van der Waals surface area contributed by atoms with Crippen molar-refractivity contribution in [3.8, 4) is 0 Å². The topological polar surface area (TPSA) is 49.4 Å². The molecule has 0 saturated carbocycles. The van der Waals surface area contributed by atoms with Crippen LogP contribution in [0, 0.1) is 5.82 Å². The first kappa shape index (κ1) is 25.2. The van der Waals surface area contributed by atoms with Gasteiger partial charge in [0.05, 0.1) is 5.75 Å². The van der Waals surface area contributed by atoms with Gasteiger partial charge in [-0.15, -0.1) is 11.8 Å². The Hall–Kier alpha value is -2.05. The molecule has 0 bridgehead atoms. The minimum Gasteiger partial charge on any atom is -0.354 e. The number of halogens is 2. The van der Waals surface area contributed by atoms with Crippen molar-refractivity contribution in [2.75, 3.05) is 12.3 Å². The molecule has 0 aliphatic carbocycles. The van der Waals surface area contributed by atoms with Crippen LogP contribution in [0.2, 0.25) is 5.02 Å². The van der Waals surface area contributed by atoms with Gasteiger partial charge in [-0.25, -0.2) is 4.39 Å². The van der Waals surface area contributed by atoms with Crippen LogP contribution in [0.1, 0.15) is 44.2 Å². The summed E-state index contributed by atoms with van der Waals surface area (Å²) in [6, 6.07) is 13.0. The van der Waals surface area contributed by atoms with Crippen molar-refractivity contribution in [1.29, 1.82) is 0 Å². The van der Waals surface area contributed by atoms with Crippen LogP contribution in [0.4, 0.5) is 4.39 Å². The average molecular weight is 465 g/mol. The first-order valence-electron chi connectivity index (χ1n) is 10.6. The van der Waals surface area contributed by atoms with Crippen LogP contribution >= 0.6 is 23.4 Å². The summed E-state index contributed by atoms with van der Waals surface area (Å²) in [5, 5.41) is 3.52. The first-order valence-corrected chi connectivity index (χ1v) is 12.1. The summed E-state index contributed by atoms with van der Waals surface area (Å²) >= 11 is 7.77. The van der Waals surface area contributed by atoms with Gasteiger partial charge in [-0.05, 0) is 42.2 Å². The van der Waals surface area contributed by atoms with Crippen LogP contribution < -0.4 is 5.32 Å². The van der Waals surface area contributed by atoms with Gasteiger partial charge >= 0.3 is 0 Å². The highest BCUT2D eigenvalue weighted by atomic mass is 35.5. The van der Waals surface area contributed by atoms with E-state index < -0.39 is 6.04 Å². The van der Waals surface area contributed by atoms with Crippen molar-refractivity contribution in [3.63, 3.8) is 0 Å². The lowest BCUT2D eigenvalue weighted by Gasteiger charge is -2.31. The largest absolute Gasteiger partial charge is 0.354 e. The molecule has 0 heterocycles. The molecular weight excluding hydrogens is 435 g/mol. The number of rotatable bonds is 12. The normalized spacial score (nSPS) is 11.7. The van der Waals surface area contributed by atoms with Crippen LogP contribution in [0.15, 0.2) is 48.5 Å². The minimum absolute atomic E-state index is 0.121. The lowest BCUT2D eigenvalue weighted by Crippen LogP contribution is -2.49. The van der Waals surface area contributed by atoms with Crippen molar-refractivity contribution < 1.29 is 14.0 Å². The third-order valence-corrected chi connectivity index (χ3v) is 6.28. The zero-order valence-corrected chi connectivity index (χ0v) is 19.6. The summed E-state index contributed by atoms with van der Waals surface area (Å²) in [5.41, 5.74) is 1.75. The van der Waals surface area contributed by atoms with E-state index in [-0.39, 0.29) is 29.9 Å². The van der Waals surface area contributed by atoms with E-state index in [1.165, 1.54) is 23.9 Å². The van der Waals surface area contributed by atoms with E-state index in [2.05, 4.69) is 12.2 Å². The number of carbonyl (C=O) groups is 2. The third-order valence-electron chi connectivity index (χ3n) is 4.92. The molecule has 2 rings (SSSR count). The highest BCUT2D eigenvalue weighted by Crippen LogP contribution is 2.21. The maximum absolute atomic E-state index is 13.2. The van der Waals surface area contributed by atoms with E-state index in [1.54, 1.807) is 23.1 Å². The molecular formula is C24H30ClFN2O2S. The Morgan fingerprint density at radius 3 is 2.48 bits per heavy atom. The molecule has 0 fully saturated rings. The summed E-state index contributed by atoms with van der Waals surface area (Å²) in [5.74, 6) is 0.270. The van der Waals surface area contributed by atoms with Crippen LogP contribution in [0.25, 0.3) is 0 Å². The van der Waals surface area contributed by atoms with Gasteiger partial charge in [-0.2, -0.15) is 0 Å². The third kappa shape index (κ3) is 8.19. The summed E-state index contributed by atoms with van der Waals surface area (Å²) in [4.78, 5) is 27.6. The smallest absolute Gasteiger partial charge is 0.242 e. The summed E-state index contributed by atoms with van der Waals surface area (Å²) in [6.45, 7) is 4.84. The van der Waals surface area contributed by atoms with Gasteiger partial charge in [0.1, 0.15) is 11.9 Å². The zero-order chi connectivity index (χ0) is 22.6. The van der Waals surface area contributed by atoms with E-state index in [0.29, 0.717) is 23.7 Å². The molecule has 0 saturated heterocycles. The van der Waals surface area contributed by atoms with Crippen molar-refractivity contribution in [1.82, 2.24) is 10.2 Å². The Morgan fingerprint density at radius 1 is 1.13 bits per heavy atom. The average Bonchev–Trinajstić information content (AvgIpc) is 2.76. The number of carbonyl (C=O) groups excluding carboxylic acids is 2. The Bertz CT molecular complexity index is 848. The molecule has 0 aromatic heterocycles. The Balaban J connectivity index is 2.10. The molecule has 2 amide bonds. The van der Waals surface area contributed by atoms with Gasteiger partial charge in [-0.1, -0.05) is 62.2 Å². The molecule has 31 heavy (non-hydrogen) atoms.